The maximum Gasteiger partial charge on any atom is 0.176 e. The quantitative estimate of drug-likeness (QED) is 0.602. The van der Waals surface area contributed by atoms with E-state index in [-0.39, 0.29) is 0 Å². The Hall–Kier alpha value is -0.340. The van der Waals surface area contributed by atoms with Crippen molar-refractivity contribution in [2.24, 2.45) is 23.7 Å². The number of hydrogen-bond acceptors (Lipinski definition) is 2. The van der Waals surface area contributed by atoms with Gasteiger partial charge in [0.1, 0.15) is 0 Å². The highest BCUT2D eigenvalue weighted by Gasteiger charge is 2.53. The Morgan fingerprint density at radius 2 is 1.88 bits per heavy atom. The van der Waals surface area contributed by atoms with Gasteiger partial charge in [0.25, 0.3) is 0 Å². The molecule has 3 saturated carbocycles. The molecule has 0 radical (unpaired) electrons. The summed E-state index contributed by atoms with van der Waals surface area (Å²) in [5.74, 6) is 3.48. The topological polar surface area (TPSA) is 29.5 Å². The lowest BCUT2D eigenvalue weighted by atomic mass is 9.70. The van der Waals surface area contributed by atoms with Gasteiger partial charge in [-0.2, -0.15) is 0 Å². The number of hydrogen-bond donors (Lipinski definition) is 1. The van der Waals surface area contributed by atoms with Gasteiger partial charge in [-0.3, -0.25) is 0 Å². The van der Waals surface area contributed by atoms with Crippen LogP contribution >= 0.6 is 0 Å². The van der Waals surface area contributed by atoms with E-state index in [2.05, 4.69) is 6.58 Å². The van der Waals surface area contributed by atoms with Crippen LogP contribution in [0, 0.1) is 23.7 Å². The molecule has 17 heavy (non-hydrogen) atoms. The van der Waals surface area contributed by atoms with Gasteiger partial charge in [-0.05, 0) is 61.9 Å². The lowest BCUT2D eigenvalue weighted by Crippen LogP contribution is -2.37. The molecule has 0 aromatic rings. The van der Waals surface area contributed by atoms with Crippen LogP contribution in [0.3, 0.4) is 0 Å². The van der Waals surface area contributed by atoms with E-state index in [9.17, 15) is 5.11 Å². The highest BCUT2D eigenvalue weighted by molar-refractivity contribution is 5.03. The summed E-state index contributed by atoms with van der Waals surface area (Å²) in [7, 11) is 0. The molecule has 0 heterocycles. The molecule has 0 spiro atoms. The largest absolute Gasteiger partial charge is 0.364 e. The minimum absolute atomic E-state index is 0.297. The first-order valence-electron chi connectivity index (χ1n) is 7.15. The van der Waals surface area contributed by atoms with Crippen molar-refractivity contribution in [3.63, 3.8) is 0 Å². The lowest BCUT2D eigenvalue weighted by molar-refractivity contribution is -0.139. The van der Waals surface area contributed by atoms with Crippen molar-refractivity contribution >= 4 is 0 Å². The van der Waals surface area contributed by atoms with Gasteiger partial charge in [-0.1, -0.05) is 19.4 Å². The number of rotatable bonds is 3. The van der Waals surface area contributed by atoms with E-state index in [4.69, 9.17) is 4.74 Å². The van der Waals surface area contributed by atoms with Crippen LogP contribution in [0.2, 0.25) is 0 Å². The van der Waals surface area contributed by atoms with Crippen molar-refractivity contribution in [1.29, 1.82) is 0 Å². The van der Waals surface area contributed by atoms with Crippen LogP contribution in [0.15, 0.2) is 12.2 Å². The Labute approximate surface area is 104 Å². The Morgan fingerprint density at radius 1 is 1.18 bits per heavy atom. The van der Waals surface area contributed by atoms with Gasteiger partial charge in [-0.15, -0.1) is 0 Å². The summed E-state index contributed by atoms with van der Waals surface area (Å²) < 4.78 is 5.81. The van der Waals surface area contributed by atoms with Gasteiger partial charge in [0.2, 0.25) is 0 Å². The average molecular weight is 236 g/mol. The lowest BCUT2D eigenvalue weighted by Gasteiger charge is -2.39. The maximum absolute atomic E-state index is 9.79. The Balaban J connectivity index is 1.65. The molecule has 2 heteroatoms. The fourth-order valence-corrected chi connectivity index (χ4v) is 4.61. The van der Waals surface area contributed by atoms with Gasteiger partial charge in [-0.25, -0.2) is 0 Å². The second-order valence-corrected chi connectivity index (χ2v) is 6.38. The van der Waals surface area contributed by atoms with Gasteiger partial charge in [0, 0.05) is 0 Å². The van der Waals surface area contributed by atoms with E-state index in [1.54, 1.807) is 0 Å². The Morgan fingerprint density at radius 3 is 2.59 bits per heavy atom. The number of ether oxygens (including phenoxy) is 1. The monoisotopic (exact) mass is 236 g/mol. The smallest absolute Gasteiger partial charge is 0.176 e. The zero-order chi connectivity index (χ0) is 12.0. The van der Waals surface area contributed by atoms with Crippen molar-refractivity contribution in [3.8, 4) is 0 Å². The first-order chi connectivity index (χ1) is 8.16. The highest BCUT2D eigenvalue weighted by Crippen LogP contribution is 2.58. The summed E-state index contributed by atoms with van der Waals surface area (Å²) in [6.45, 7) is 5.60. The molecule has 0 amide bonds. The average Bonchev–Trinajstić information content (AvgIpc) is 2.87. The zero-order valence-electron chi connectivity index (χ0n) is 10.8. The van der Waals surface area contributed by atoms with Crippen LogP contribution in [0.4, 0.5) is 0 Å². The molecule has 6 atom stereocenters. The molecule has 3 aliphatic carbocycles. The molecule has 0 saturated heterocycles. The van der Waals surface area contributed by atoms with Gasteiger partial charge >= 0.3 is 0 Å². The van der Waals surface area contributed by atoms with Crippen LogP contribution in [-0.2, 0) is 4.74 Å². The number of fused-ring (bicyclic) bond motifs is 5. The van der Waals surface area contributed by atoms with Crippen molar-refractivity contribution < 1.29 is 9.84 Å². The third-order valence-corrected chi connectivity index (χ3v) is 5.34. The van der Waals surface area contributed by atoms with Crippen molar-refractivity contribution in [1.82, 2.24) is 0 Å². The van der Waals surface area contributed by atoms with E-state index in [0.717, 1.165) is 29.2 Å². The van der Waals surface area contributed by atoms with E-state index >= 15 is 0 Å². The highest BCUT2D eigenvalue weighted by atomic mass is 16.6. The molecule has 3 rings (SSSR count). The first kappa shape index (κ1) is 11.7. The van der Waals surface area contributed by atoms with Crippen molar-refractivity contribution in [2.45, 2.75) is 57.8 Å². The summed E-state index contributed by atoms with van der Waals surface area (Å²) in [5.41, 5.74) is 0.730. The molecule has 3 fully saturated rings. The van der Waals surface area contributed by atoms with Crippen LogP contribution < -0.4 is 0 Å². The maximum atomic E-state index is 9.79. The summed E-state index contributed by atoms with van der Waals surface area (Å²) in [6.07, 6.45) is 7.76. The molecule has 2 bridgehead atoms. The third kappa shape index (κ3) is 1.96. The van der Waals surface area contributed by atoms with E-state index < -0.39 is 6.29 Å². The van der Waals surface area contributed by atoms with E-state index in [1.807, 2.05) is 6.92 Å². The SMILES string of the molecule is C=C(C)C(O)OC1CC2CC1C1CCCCC21. The molecule has 6 unspecified atom stereocenters. The molecule has 0 aromatic carbocycles. The Bertz CT molecular complexity index is 312. The molecule has 0 aromatic heterocycles. The van der Waals surface area contributed by atoms with Gasteiger partial charge < -0.3 is 9.84 Å². The van der Waals surface area contributed by atoms with Gasteiger partial charge in [0.15, 0.2) is 6.29 Å². The fourth-order valence-electron chi connectivity index (χ4n) is 4.61. The molecule has 3 aliphatic rings. The molecule has 1 N–H and O–H groups in total. The standard InChI is InChI=1S/C15H24O2/c1-9(2)15(16)17-14-8-10-7-13(14)12-6-4-3-5-11(10)12/h10-16H,1,3-8H2,2H3. The normalized spacial score (nSPS) is 45.6. The minimum atomic E-state index is -0.749. The van der Waals surface area contributed by atoms with Crippen LogP contribution in [-0.4, -0.2) is 17.5 Å². The van der Waals surface area contributed by atoms with Gasteiger partial charge in [0.05, 0.1) is 6.10 Å². The van der Waals surface area contributed by atoms with E-state index in [1.165, 1.54) is 38.5 Å². The molecular weight excluding hydrogens is 212 g/mol. The zero-order valence-corrected chi connectivity index (χ0v) is 10.8. The first-order valence-corrected chi connectivity index (χ1v) is 7.15. The third-order valence-electron chi connectivity index (χ3n) is 5.34. The second-order valence-electron chi connectivity index (χ2n) is 6.38. The number of aliphatic hydroxyl groups is 1. The number of aliphatic hydroxyl groups excluding tert-OH is 1. The molecular formula is C15H24O2. The van der Waals surface area contributed by atoms with Crippen LogP contribution in [0.25, 0.3) is 0 Å². The molecule has 2 nitrogen and oxygen atoms in total. The van der Waals surface area contributed by atoms with E-state index in [0.29, 0.717) is 6.10 Å². The summed E-state index contributed by atoms with van der Waals surface area (Å²) in [5, 5.41) is 9.79. The fraction of sp³-hybridized carbons (Fsp3) is 0.867. The van der Waals surface area contributed by atoms with Crippen molar-refractivity contribution in [2.75, 3.05) is 0 Å². The molecule has 96 valence electrons. The van der Waals surface area contributed by atoms with Crippen molar-refractivity contribution in [3.05, 3.63) is 12.2 Å². The van der Waals surface area contributed by atoms with Crippen LogP contribution in [0.5, 0.6) is 0 Å². The second kappa shape index (κ2) is 4.40. The summed E-state index contributed by atoms with van der Waals surface area (Å²) >= 11 is 0. The summed E-state index contributed by atoms with van der Waals surface area (Å²) in [4.78, 5) is 0. The Kier molecular flexibility index (Phi) is 3.04. The van der Waals surface area contributed by atoms with Crippen LogP contribution in [0.1, 0.15) is 45.4 Å². The minimum Gasteiger partial charge on any atom is -0.364 e. The molecule has 0 aliphatic heterocycles. The predicted molar refractivity (Wildman–Crippen MR) is 67.4 cm³/mol. The predicted octanol–water partition coefficient (Wildman–Crippen LogP) is 3.11. The summed E-state index contributed by atoms with van der Waals surface area (Å²) in [6, 6.07) is 0.